The molecule has 19 heavy (non-hydrogen) atoms. The topological polar surface area (TPSA) is 64.4 Å². The summed E-state index contributed by atoms with van der Waals surface area (Å²) in [5.74, 6) is 0.360. The fraction of sp³-hybridized carbons (Fsp3) is 0.917. The first kappa shape index (κ1) is 18.2. The Balaban J connectivity index is 3.68. The third-order valence-corrected chi connectivity index (χ3v) is 2.45. The Morgan fingerprint density at radius 2 is 2.00 bits per heavy atom. The van der Waals surface area contributed by atoms with Crippen LogP contribution in [0.2, 0.25) is 0 Å². The van der Waals surface area contributed by atoms with E-state index in [2.05, 4.69) is 10.1 Å². The summed E-state index contributed by atoms with van der Waals surface area (Å²) in [6, 6.07) is 0. The van der Waals surface area contributed by atoms with E-state index in [1.807, 2.05) is 13.8 Å². The maximum Gasteiger partial charge on any atom is 0.411 e. The quantitative estimate of drug-likeness (QED) is 0.633. The Morgan fingerprint density at radius 1 is 1.37 bits per heavy atom. The monoisotopic (exact) mass is 284 g/mol. The lowest BCUT2D eigenvalue weighted by atomic mass is 9.94. The second-order valence-electron chi connectivity index (χ2n) is 4.95. The third-order valence-electron chi connectivity index (χ3n) is 2.45. The number of carbonyl (C=O) groups is 1. The largest absolute Gasteiger partial charge is 0.411 e. The van der Waals surface area contributed by atoms with Crippen molar-refractivity contribution in [2.45, 2.75) is 32.9 Å². The van der Waals surface area contributed by atoms with Crippen LogP contribution in [0.3, 0.4) is 0 Å². The lowest BCUT2D eigenvalue weighted by Gasteiger charge is -2.16. The second kappa shape index (κ2) is 9.14. The van der Waals surface area contributed by atoms with Gasteiger partial charge in [0.1, 0.15) is 6.61 Å². The molecule has 4 nitrogen and oxygen atoms in total. The number of nitrogens with two attached hydrogens (primary N) is 1. The number of rotatable bonds is 9. The number of alkyl halides is 3. The number of carbonyl (C=O) groups excluding carboxylic acids is 1. The molecule has 114 valence electrons. The zero-order chi connectivity index (χ0) is 14.9. The molecule has 0 aromatic heterocycles. The molecule has 0 aliphatic heterocycles. The highest BCUT2D eigenvalue weighted by Gasteiger charge is 2.27. The van der Waals surface area contributed by atoms with Crippen LogP contribution in [-0.4, -0.2) is 38.4 Å². The van der Waals surface area contributed by atoms with Gasteiger partial charge in [-0.3, -0.25) is 4.79 Å². The van der Waals surface area contributed by atoms with Crippen LogP contribution in [0, 0.1) is 11.8 Å². The van der Waals surface area contributed by atoms with E-state index < -0.39 is 12.8 Å². The van der Waals surface area contributed by atoms with E-state index in [9.17, 15) is 18.0 Å². The summed E-state index contributed by atoms with van der Waals surface area (Å²) in [6.07, 6.45) is -3.17. The van der Waals surface area contributed by atoms with Crippen LogP contribution in [-0.2, 0) is 9.53 Å². The van der Waals surface area contributed by atoms with Gasteiger partial charge < -0.3 is 15.8 Å². The predicted molar refractivity (Wildman–Crippen MR) is 66.5 cm³/mol. The second-order valence-corrected chi connectivity index (χ2v) is 4.95. The van der Waals surface area contributed by atoms with Crippen LogP contribution in [0.15, 0.2) is 0 Å². The van der Waals surface area contributed by atoms with E-state index in [4.69, 9.17) is 5.73 Å². The van der Waals surface area contributed by atoms with Crippen LogP contribution < -0.4 is 11.1 Å². The summed E-state index contributed by atoms with van der Waals surface area (Å²) in [6.45, 7) is 3.16. The Kier molecular flexibility index (Phi) is 8.75. The van der Waals surface area contributed by atoms with Crippen LogP contribution in [0.25, 0.3) is 0 Å². The smallest absolute Gasteiger partial charge is 0.370 e. The van der Waals surface area contributed by atoms with Crippen molar-refractivity contribution in [2.24, 2.45) is 17.6 Å². The van der Waals surface area contributed by atoms with E-state index >= 15 is 0 Å². The van der Waals surface area contributed by atoms with Gasteiger partial charge in [-0.05, 0) is 24.8 Å². The summed E-state index contributed by atoms with van der Waals surface area (Å²) in [4.78, 5) is 11.5. The van der Waals surface area contributed by atoms with Crippen molar-refractivity contribution < 1.29 is 22.7 Å². The van der Waals surface area contributed by atoms with Crippen LogP contribution >= 0.6 is 0 Å². The number of hydrogen-bond acceptors (Lipinski definition) is 3. The fourth-order valence-corrected chi connectivity index (χ4v) is 1.71. The van der Waals surface area contributed by atoms with E-state index in [1.54, 1.807) is 0 Å². The zero-order valence-corrected chi connectivity index (χ0v) is 11.4. The lowest BCUT2D eigenvalue weighted by Crippen LogP contribution is -2.32. The molecule has 0 aromatic carbocycles. The van der Waals surface area contributed by atoms with Gasteiger partial charge in [-0.1, -0.05) is 13.8 Å². The maximum atomic E-state index is 11.8. The zero-order valence-electron chi connectivity index (χ0n) is 11.4. The molecular weight excluding hydrogens is 261 g/mol. The summed E-state index contributed by atoms with van der Waals surface area (Å²) >= 11 is 0. The van der Waals surface area contributed by atoms with Crippen molar-refractivity contribution in [1.29, 1.82) is 0 Å². The van der Waals surface area contributed by atoms with Gasteiger partial charge in [0.15, 0.2) is 0 Å². The normalized spacial score (nSPS) is 13.6. The van der Waals surface area contributed by atoms with E-state index in [1.165, 1.54) is 0 Å². The summed E-state index contributed by atoms with van der Waals surface area (Å²) in [7, 11) is 0. The maximum absolute atomic E-state index is 11.8. The number of hydrogen-bond donors (Lipinski definition) is 2. The predicted octanol–water partition coefficient (Wildman–Crippen LogP) is 1.69. The van der Waals surface area contributed by atoms with Gasteiger partial charge >= 0.3 is 6.18 Å². The van der Waals surface area contributed by atoms with Crippen molar-refractivity contribution in [2.75, 3.05) is 26.3 Å². The van der Waals surface area contributed by atoms with Crippen molar-refractivity contribution in [1.82, 2.24) is 5.32 Å². The molecule has 1 amide bonds. The average Bonchev–Trinajstić information content (AvgIpc) is 2.25. The first-order chi connectivity index (χ1) is 8.74. The van der Waals surface area contributed by atoms with Crippen molar-refractivity contribution in [3.05, 3.63) is 0 Å². The van der Waals surface area contributed by atoms with Gasteiger partial charge in [0, 0.05) is 13.0 Å². The molecule has 0 aliphatic rings. The summed E-state index contributed by atoms with van der Waals surface area (Å²) < 4.78 is 39.6. The standard InChI is InChI=1S/C12H23F3N2O2/c1-9(2)5-10(7-16)6-11(18)17-3-4-19-8-12(13,14)15/h9-10H,3-8,16H2,1-2H3,(H,17,18)/t10-/m0/s1. The third kappa shape index (κ3) is 12.0. The van der Waals surface area contributed by atoms with Crippen LogP contribution in [0.4, 0.5) is 13.2 Å². The molecule has 0 radical (unpaired) electrons. The molecule has 3 N–H and O–H groups in total. The van der Waals surface area contributed by atoms with E-state index in [0.29, 0.717) is 18.9 Å². The van der Waals surface area contributed by atoms with Crippen molar-refractivity contribution in [3.63, 3.8) is 0 Å². The van der Waals surface area contributed by atoms with E-state index in [0.717, 1.165) is 6.42 Å². The molecule has 1 atom stereocenters. The molecule has 0 saturated carbocycles. The number of ether oxygens (including phenoxy) is 1. The average molecular weight is 284 g/mol. The molecule has 0 aromatic rings. The highest BCUT2D eigenvalue weighted by atomic mass is 19.4. The highest BCUT2D eigenvalue weighted by molar-refractivity contribution is 5.76. The lowest BCUT2D eigenvalue weighted by molar-refractivity contribution is -0.173. The minimum absolute atomic E-state index is 0.0773. The van der Waals surface area contributed by atoms with Crippen molar-refractivity contribution in [3.8, 4) is 0 Å². The van der Waals surface area contributed by atoms with Gasteiger partial charge in [0.25, 0.3) is 0 Å². The number of amides is 1. The minimum Gasteiger partial charge on any atom is -0.370 e. The minimum atomic E-state index is -4.33. The van der Waals surface area contributed by atoms with E-state index in [-0.39, 0.29) is 25.0 Å². The fourth-order valence-electron chi connectivity index (χ4n) is 1.71. The SMILES string of the molecule is CC(C)C[C@H](CN)CC(=O)NCCOCC(F)(F)F. The highest BCUT2D eigenvalue weighted by Crippen LogP contribution is 2.14. The first-order valence-electron chi connectivity index (χ1n) is 6.36. The molecule has 0 fully saturated rings. The Morgan fingerprint density at radius 3 is 2.47 bits per heavy atom. The van der Waals surface area contributed by atoms with Crippen molar-refractivity contribution >= 4 is 5.91 Å². The molecule has 0 heterocycles. The molecule has 0 rings (SSSR count). The van der Waals surface area contributed by atoms with Gasteiger partial charge in [0.05, 0.1) is 6.61 Å². The molecule has 0 unspecified atom stereocenters. The summed E-state index contributed by atoms with van der Waals surface area (Å²) in [5, 5.41) is 2.52. The number of halogens is 3. The number of nitrogens with one attached hydrogen (secondary N) is 1. The summed E-state index contributed by atoms with van der Waals surface area (Å²) in [5.41, 5.74) is 5.56. The first-order valence-corrected chi connectivity index (χ1v) is 6.36. The van der Waals surface area contributed by atoms with Gasteiger partial charge in [0.2, 0.25) is 5.91 Å². The Labute approximate surface area is 111 Å². The molecule has 0 aliphatic carbocycles. The Hall–Kier alpha value is -0.820. The molecular formula is C12H23F3N2O2. The molecule has 0 spiro atoms. The van der Waals surface area contributed by atoms with Crippen LogP contribution in [0.5, 0.6) is 0 Å². The molecule has 0 saturated heterocycles. The molecule has 7 heteroatoms. The van der Waals surface area contributed by atoms with Gasteiger partial charge in [-0.15, -0.1) is 0 Å². The van der Waals surface area contributed by atoms with Gasteiger partial charge in [-0.25, -0.2) is 0 Å². The van der Waals surface area contributed by atoms with Crippen LogP contribution in [0.1, 0.15) is 26.7 Å². The Bertz CT molecular complexity index is 258. The van der Waals surface area contributed by atoms with Gasteiger partial charge in [-0.2, -0.15) is 13.2 Å². The molecule has 0 bridgehead atoms.